The Balaban J connectivity index is 1.21. The maximum Gasteiger partial charge on any atom is 0.233 e. The SMILES string of the molecule is O=C(CSc1nnc(N2CCCC2)n1Cc1ccco1)N1CCN(c2ncccn2)CC1. The lowest BCUT2D eigenvalue weighted by Crippen LogP contribution is -2.49. The second kappa shape index (κ2) is 9.60. The fraction of sp³-hybridized carbons (Fsp3) is 0.476. The van der Waals surface area contributed by atoms with Crippen molar-refractivity contribution < 1.29 is 9.21 Å². The third-order valence-electron chi connectivity index (χ3n) is 5.77. The Labute approximate surface area is 190 Å². The van der Waals surface area contributed by atoms with E-state index < -0.39 is 0 Å². The Morgan fingerprint density at radius 1 is 0.969 bits per heavy atom. The summed E-state index contributed by atoms with van der Waals surface area (Å²) in [5.74, 6) is 2.86. The van der Waals surface area contributed by atoms with Gasteiger partial charge in [-0.05, 0) is 31.0 Å². The average Bonchev–Trinajstić information content (AvgIpc) is 3.61. The molecule has 0 spiro atoms. The molecule has 2 saturated heterocycles. The lowest BCUT2D eigenvalue weighted by molar-refractivity contribution is -0.128. The van der Waals surface area contributed by atoms with Gasteiger partial charge in [-0.2, -0.15) is 0 Å². The molecule has 5 rings (SSSR count). The van der Waals surface area contributed by atoms with Crippen molar-refractivity contribution in [3.8, 4) is 0 Å². The molecule has 10 nitrogen and oxygen atoms in total. The Bertz CT molecular complexity index is 1010. The molecule has 0 aromatic carbocycles. The minimum absolute atomic E-state index is 0.110. The molecule has 2 fully saturated rings. The number of amides is 1. The first-order valence-electron chi connectivity index (χ1n) is 10.9. The van der Waals surface area contributed by atoms with E-state index in [4.69, 9.17) is 4.42 Å². The van der Waals surface area contributed by atoms with Crippen LogP contribution in [0.25, 0.3) is 0 Å². The first-order chi connectivity index (χ1) is 15.8. The van der Waals surface area contributed by atoms with E-state index in [2.05, 4.69) is 34.5 Å². The average molecular weight is 455 g/mol. The van der Waals surface area contributed by atoms with Crippen LogP contribution >= 0.6 is 11.8 Å². The van der Waals surface area contributed by atoms with Crippen LogP contribution < -0.4 is 9.80 Å². The third kappa shape index (κ3) is 4.57. The summed E-state index contributed by atoms with van der Waals surface area (Å²) in [5, 5.41) is 9.59. The normalized spacial score (nSPS) is 16.7. The zero-order valence-electron chi connectivity index (χ0n) is 17.8. The second-order valence-electron chi connectivity index (χ2n) is 7.85. The largest absolute Gasteiger partial charge is 0.467 e. The van der Waals surface area contributed by atoms with Gasteiger partial charge in [-0.1, -0.05) is 11.8 Å². The number of thioether (sulfide) groups is 1. The van der Waals surface area contributed by atoms with Crippen LogP contribution in [0.4, 0.5) is 11.9 Å². The molecule has 0 radical (unpaired) electrons. The molecule has 2 aliphatic heterocycles. The maximum absolute atomic E-state index is 12.9. The zero-order valence-corrected chi connectivity index (χ0v) is 18.7. The van der Waals surface area contributed by atoms with E-state index in [0.29, 0.717) is 25.4 Å². The van der Waals surface area contributed by atoms with Crippen molar-refractivity contribution in [3.05, 3.63) is 42.6 Å². The van der Waals surface area contributed by atoms with Gasteiger partial charge in [-0.15, -0.1) is 10.2 Å². The molecule has 2 aliphatic rings. The van der Waals surface area contributed by atoms with Gasteiger partial charge in [0.05, 0.1) is 18.6 Å². The van der Waals surface area contributed by atoms with E-state index in [0.717, 1.165) is 61.8 Å². The molecule has 0 saturated carbocycles. The highest BCUT2D eigenvalue weighted by atomic mass is 32.2. The molecule has 1 amide bonds. The molecule has 3 aromatic heterocycles. The van der Waals surface area contributed by atoms with Crippen LogP contribution in [0.1, 0.15) is 18.6 Å². The number of aromatic nitrogens is 5. The molecule has 3 aromatic rings. The maximum atomic E-state index is 12.9. The van der Waals surface area contributed by atoms with Crippen LogP contribution in [0.2, 0.25) is 0 Å². The van der Waals surface area contributed by atoms with Gasteiger partial charge in [-0.25, -0.2) is 9.97 Å². The number of piperazine rings is 1. The van der Waals surface area contributed by atoms with Crippen LogP contribution in [-0.4, -0.2) is 80.6 Å². The van der Waals surface area contributed by atoms with Gasteiger partial charge in [-0.3, -0.25) is 9.36 Å². The van der Waals surface area contributed by atoms with Gasteiger partial charge in [0.1, 0.15) is 5.76 Å². The fourth-order valence-electron chi connectivity index (χ4n) is 4.06. The molecule has 0 aliphatic carbocycles. The molecule has 11 heteroatoms. The highest BCUT2D eigenvalue weighted by molar-refractivity contribution is 7.99. The summed E-state index contributed by atoms with van der Waals surface area (Å²) in [6.45, 7) is 5.30. The lowest BCUT2D eigenvalue weighted by atomic mass is 10.3. The van der Waals surface area contributed by atoms with Crippen LogP contribution in [0.3, 0.4) is 0 Å². The topological polar surface area (TPSA) is 96.4 Å². The fourth-order valence-corrected chi connectivity index (χ4v) is 4.90. The summed E-state index contributed by atoms with van der Waals surface area (Å²) >= 11 is 1.44. The number of nitrogens with zero attached hydrogens (tertiary/aromatic N) is 8. The van der Waals surface area contributed by atoms with E-state index in [-0.39, 0.29) is 5.91 Å². The molecule has 0 N–H and O–H groups in total. The molecule has 32 heavy (non-hydrogen) atoms. The van der Waals surface area contributed by atoms with Crippen LogP contribution in [0, 0.1) is 0 Å². The summed E-state index contributed by atoms with van der Waals surface area (Å²) in [6.07, 6.45) is 7.48. The standard InChI is InChI=1S/C21H26N8O2S/c30-18(26-10-12-27(13-11-26)19-22-6-4-7-23-19)16-32-21-25-24-20(28-8-1-2-9-28)29(21)15-17-5-3-14-31-17/h3-7,14H,1-2,8-13,15-16H2. The van der Waals surface area contributed by atoms with Crippen molar-refractivity contribution >= 4 is 29.6 Å². The van der Waals surface area contributed by atoms with Gasteiger partial charge in [0.15, 0.2) is 5.16 Å². The second-order valence-corrected chi connectivity index (χ2v) is 8.79. The molecular formula is C21H26N8O2S. The summed E-state index contributed by atoms with van der Waals surface area (Å²) in [6, 6.07) is 5.63. The van der Waals surface area contributed by atoms with Crippen molar-refractivity contribution in [2.75, 3.05) is 54.8 Å². The Kier molecular flexibility index (Phi) is 6.24. The van der Waals surface area contributed by atoms with Gasteiger partial charge in [0.25, 0.3) is 0 Å². The van der Waals surface area contributed by atoms with Crippen molar-refractivity contribution in [2.45, 2.75) is 24.5 Å². The van der Waals surface area contributed by atoms with Crippen molar-refractivity contribution in [2.24, 2.45) is 0 Å². The Morgan fingerprint density at radius 2 is 1.75 bits per heavy atom. The van der Waals surface area contributed by atoms with Gasteiger partial charge in [0.2, 0.25) is 17.8 Å². The third-order valence-corrected chi connectivity index (χ3v) is 6.72. The number of carbonyl (C=O) groups is 1. The van der Waals surface area contributed by atoms with Crippen molar-refractivity contribution in [1.82, 2.24) is 29.6 Å². The van der Waals surface area contributed by atoms with Gasteiger partial charge in [0, 0.05) is 51.7 Å². The van der Waals surface area contributed by atoms with Gasteiger partial charge < -0.3 is 19.1 Å². The van der Waals surface area contributed by atoms with Crippen LogP contribution in [0.5, 0.6) is 0 Å². The van der Waals surface area contributed by atoms with Crippen LogP contribution in [-0.2, 0) is 11.3 Å². The van der Waals surface area contributed by atoms with E-state index in [9.17, 15) is 4.79 Å². The first kappa shape index (κ1) is 20.8. The number of carbonyl (C=O) groups excluding carboxylic acids is 1. The Morgan fingerprint density at radius 3 is 2.47 bits per heavy atom. The number of furan rings is 1. The molecule has 0 atom stereocenters. The van der Waals surface area contributed by atoms with E-state index >= 15 is 0 Å². The van der Waals surface area contributed by atoms with E-state index in [1.54, 1.807) is 24.7 Å². The summed E-state index contributed by atoms with van der Waals surface area (Å²) in [7, 11) is 0. The highest BCUT2D eigenvalue weighted by Gasteiger charge is 2.25. The first-order valence-corrected chi connectivity index (χ1v) is 11.9. The van der Waals surface area contributed by atoms with Crippen LogP contribution in [0.15, 0.2) is 46.4 Å². The molecular weight excluding hydrogens is 428 g/mol. The molecule has 168 valence electrons. The highest BCUT2D eigenvalue weighted by Crippen LogP contribution is 2.26. The number of anilines is 2. The number of hydrogen-bond donors (Lipinski definition) is 0. The smallest absolute Gasteiger partial charge is 0.233 e. The molecule has 0 bridgehead atoms. The monoisotopic (exact) mass is 454 g/mol. The van der Waals surface area contributed by atoms with Gasteiger partial charge >= 0.3 is 0 Å². The minimum atomic E-state index is 0.110. The zero-order chi connectivity index (χ0) is 21.8. The molecule has 0 unspecified atom stereocenters. The van der Waals surface area contributed by atoms with Crippen molar-refractivity contribution in [1.29, 1.82) is 0 Å². The quantitative estimate of drug-likeness (QED) is 0.495. The van der Waals surface area contributed by atoms with Crippen molar-refractivity contribution in [3.63, 3.8) is 0 Å². The Hall–Kier alpha value is -3.08. The summed E-state index contributed by atoms with van der Waals surface area (Å²) in [5.41, 5.74) is 0. The minimum Gasteiger partial charge on any atom is -0.467 e. The predicted molar refractivity (Wildman–Crippen MR) is 121 cm³/mol. The predicted octanol–water partition coefficient (Wildman–Crippen LogP) is 1.75. The summed E-state index contributed by atoms with van der Waals surface area (Å²) in [4.78, 5) is 27.7. The lowest BCUT2D eigenvalue weighted by Gasteiger charge is -2.34. The summed E-state index contributed by atoms with van der Waals surface area (Å²) < 4.78 is 7.61. The van der Waals surface area contributed by atoms with E-state index in [1.807, 2.05) is 17.0 Å². The number of hydrogen-bond acceptors (Lipinski definition) is 9. The molecule has 5 heterocycles. The van der Waals surface area contributed by atoms with E-state index in [1.165, 1.54) is 11.8 Å². The number of rotatable bonds is 7.